The van der Waals surface area contributed by atoms with Crippen LogP contribution in [0.3, 0.4) is 0 Å². The predicted octanol–water partition coefficient (Wildman–Crippen LogP) is 1.43. The van der Waals surface area contributed by atoms with E-state index in [1.54, 1.807) is 13.1 Å². The molecule has 0 aliphatic heterocycles. The molecular weight excluding hydrogens is 460 g/mol. The van der Waals surface area contributed by atoms with E-state index >= 15 is 0 Å². The van der Waals surface area contributed by atoms with Crippen molar-refractivity contribution in [2.75, 3.05) is 6.54 Å². The van der Waals surface area contributed by atoms with Crippen molar-refractivity contribution in [2.24, 2.45) is 14.1 Å². The first-order valence-corrected chi connectivity index (χ1v) is 10.9. The minimum atomic E-state index is -1.18. The van der Waals surface area contributed by atoms with E-state index in [-0.39, 0.29) is 16.8 Å². The van der Waals surface area contributed by atoms with E-state index < -0.39 is 24.2 Å². The summed E-state index contributed by atoms with van der Waals surface area (Å²) >= 11 is 0. The maximum Gasteiger partial charge on any atom is 0.330 e. The lowest BCUT2D eigenvalue weighted by Gasteiger charge is -2.12. The summed E-state index contributed by atoms with van der Waals surface area (Å²) in [6.45, 7) is 3.31. The molecule has 1 unspecified atom stereocenters. The lowest BCUT2D eigenvalue weighted by molar-refractivity contribution is -0.135. The fourth-order valence-corrected chi connectivity index (χ4v) is 3.65. The van der Waals surface area contributed by atoms with Crippen molar-refractivity contribution in [2.45, 2.75) is 20.3 Å². The molecule has 8 nitrogen and oxygen atoms in total. The largest absolute Gasteiger partial charge is 0.480 e. The molecule has 1 heterocycles. The SMILES string of the molecule is Cc1cccc(Cc2c(C)n(C)c(=O)n(C)c2=O)c1.O=C(O)CNC(=O)c1c(F)cccc1P. The number of rotatable bonds is 5. The average molecular weight is 487 g/mol. The number of hydrogen-bond donors (Lipinski definition) is 2. The van der Waals surface area contributed by atoms with Gasteiger partial charge in [-0.05, 0) is 30.8 Å². The standard InChI is InChI=1S/C15H18N2O2.C9H9FNO3P/c1-10-6-5-7-12(8-10)9-13-11(2)16(3)15(19)17(4)14(13)18;10-5-2-1-3-6(15)8(5)9(14)11-4-7(12)13/h5-8H,9H2,1-4H3;1-3H,4,15H2,(H,11,14)(H,12,13). The van der Waals surface area contributed by atoms with Gasteiger partial charge in [0.15, 0.2) is 0 Å². The lowest BCUT2D eigenvalue weighted by Crippen LogP contribution is -2.40. The van der Waals surface area contributed by atoms with E-state index in [4.69, 9.17) is 5.11 Å². The molecule has 0 saturated carbocycles. The molecule has 0 aliphatic rings. The number of carbonyl (C=O) groups excluding carboxylic acids is 1. The number of halogens is 1. The van der Waals surface area contributed by atoms with E-state index in [0.717, 1.165) is 27.5 Å². The van der Waals surface area contributed by atoms with Gasteiger partial charge in [-0.2, -0.15) is 0 Å². The Hall–Kier alpha value is -3.58. The Balaban J connectivity index is 0.000000248. The van der Waals surface area contributed by atoms with Crippen LogP contribution in [0.4, 0.5) is 4.39 Å². The highest BCUT2D eigenvalue weighted by Gasteiger charge is 2.15. The molecule has 0 radical (unpaired) electrons. The first kappa shape index (κ1) is 26.7. The Morgan fingerprint density at radius 3 is 2.29 bits per heavy atom. The van der Waals surface area contributed by atoms with Gasteiger partial charge in [0.05, 0.1) is 5.56 Å². The molecule has 0 aliphatic carbocycles. The third-order valence-corrected chi connectivity index (χ3v) is 5.69. The van der Waals surface area contributed by atoms with Crippen molar-refractivity contribution in [1.82, 2.24) is 14.5 Å². The second kappa shape index (κ2) is 11.5. The molecule has 3 rings (SSSR count). The van der Waals surface area contributed by atoms with Crippen molar-refractivity contribution >= 4 is 26.4 Å². The molecule has 1 aromatic heterocycles. The Morgan fingerprint density at radius 2 is 1.71 bits per heavy atom. The summed E-state index contributed by atoms with van der Waals surface area (Å²) in [6.07, 6.45) is 0.550. The number of nitrogens with one attached hydrogen (secondary N) is 1. The summed E-state index contributed by atoms with van der Waals surface area (Å²) in [5.74, 6) is -2.59. The predicted molar refractivity (Wildman–Crippen MR) is 131 cm³/mol. The van der Waals surface area contributed by atoms with Crippen LogP contribution in [0.1, 0.15) is 32.7 Å². The van der Waals surface area contributed by atoms with E-state index in [2.05, 4.69) is 20.6 Å². The van der Waals surface area contributed by atoms with Crippen molar-refractivity contribution in [3.05, 3.63) is 97.1 Å². The first-order valence-electron chi connectivity index (χ1n) is 10.3. The highest BCUT2D eigenvalue weighted by molar-refractivity contribution is 7.27. The van der Waals surface area contributed by atoms with Gasteiger partial charge in [0.25, 0.3) is 11.5 Å². The van der Waals surface area contributed by atoms with Crippen LogP contribution in [0.5, 0.6) is 0 Å². The van der Waals surface area contributed by atoms with Gasteiger partial charge in [-0.15, -0.1) is 9.24 Å². The van der Waals surface area contributed by atoms with Crippen LogP contribution >= 0.6 is 9.24 Å². The number of aromatic nitrogens is 2. The van der Waals surface area contributed by atoms with E-state index in [1.807, 2.05) is 32.0 Å². The molecule has 1 atom stereocenters. The minimum absolute atomic E-state index is 0.149. The van der Waals surface area contributed by atoms with Gasteiger partial charge in [-0.25, -0.2) is 9.18 Å². The summed E-state index contributed by atoms with van der Waals surface area (Å²) in [6, 6.07) is 12.2. The summed E-state index contributed by atoms with van der Waals surface area (Å²) in [4.78, 5) is 45.6. The van der Waals surface area contributed by atoms with Gasteiger partial charge in [-0.3, -0.25) is 19.0 Å². The lowest BCUT2D eigenvalue weighted by atomic mass is 10.0. The van der Waals surface area contributed by atoms with Crippen LogP contribution in [0.25, 0.3) is 0 Å². The van der Waals surface area contributed by atoms with Crippen molar-refractivity contribution in [1.29, 1.82) is 0 Å². The molecule has 180 valence electrons. The molecule has 0 bridgehead atoms. The van der Waals surface area contributed by atoms with Crippen molar-refractivity contribution in [3.63, 3.8) is 0 Å². The maximum atomic E-state index is 13.2. The number of carboxylic acids is 1. The molecule has 2 N–H and O–H groups in total. The van der Waals surface area contributed by atoms with Gasteiger partial charge < -0.3 is 15.0 Å². The van der Waals surface area contributed by atoms with Gasteiger partial charge >= 0.3 is 11.7 Å². The summed E-state index contributed by atoms with van der Waals surface area (Å²) in [5.41, 5.74) is 3.02. The summed E-state index contributed by atoms with van der Waals surface area (Å²) < 4.78 is 15.9. The fourth-order valence-electron chi connectivity index (χ4n) is 3.27. The first-order chi connectivity index (χ1) is 15.9. The van der Waals surface area contributed by atoms with E-state index in [9.17, 15) is 23.6 Å². The van der Waals surface area contributed by atoms with Gasteiger partial charge in [0.1, 0.15) is 12.4 Å². The van der Waals surface area contributed by atoms with E-state index in [1.165, 1.54) is 17.7 Å². The quantitative estimate of drug-likeness (QED) is 0.529. The number of amides is 1. The number of carboxylic acid groups (broad SMARTS) is 1. The highest BCUT2D eigenvalue weighted by Crippen LogP contribution is 2.10. The third kappa shape index (κ3) is 6.48. The van der Waals surface area contributed by atoms with Crippen molar-refractivity contribution in [3.8, 4) is 0 Å². The molecule has 2 aromatic carbocycles. The highest BCUT2D eigenvalue weighted by atomic mass is 31.0. The molecule has 10 heteroatoms. The van der Waals surface area contributed by atoms with Crippen LogP contribution in [0, 0.1) is 19.7 Å². The minimum Gasteiger partial charge on any atom is -0.480 e. The molecular formula is C24H27FN3O5P. The molecule has 1 amide bonds. The number of benzene rings is 2. The Bertz CT molecular complexity index is 1330. The molecule has 0 spiro atoms. The zero-order valence-electron chi connectivity index (χ0n) is 19.4. The van der Waals surface area contributed by atoms with Crippen LogP contribution < -0.4 is 21.9 Å². The van der Waals surface area contributed by atoms with E-state index in [0.29, 0.717) is 17.3 Å². The van der Waals surface area contributed by atoms with Crippen LogP contribution in [-0.2, 0) is 25.3 Å². The number of carbonyl (C=O) groups is 2. The summed E-state index contributed by atoms with van der Waals surface area (Å²) in [5, 5.41) is 10.8. The Morgan fingerprint density at radius 1 is 1.06 bits per heavy atom. The Labute approximate surface area is 198 Å². The smallest absolute Gasteiger partial charge is 0.330 e. The Kier molecular flexibility index (Phi) is 9.04. The fraction of sp³-hybridized carbons (Fsp3) is 0.250. The van der Waals surface area contributed by atoms with Crippen LogP contribution in [-0.4, -0.2) is 32.7 Å². The number of hydrogen-bond acceptors (Lipinski definition) is 4. The monoisotopic (exact) mass is 487 g/mol. The normalized spacial score (nSPS) is 10.3. The zero-order chi connectivity index (χ0) is 25.6. The van der Waals surface area contributed by atoms with Crippen LogP contribution in [0.15, 0.2) is 52.1 Å². The molecule has 34 heavy (non-hydrogen) atoms. The topological polar surface area (TPSA) is 110 Å². The number of nitrogens with zero attached hydrogens (tertiary/aromatic N) is 2. The van der Waals surface area contributed by atoms with Crippen molar-refractivity contribution < 1.29 is 19.1 Å². The maximum absolute atomic E-state index is 13.2. The molecule has 0 saturated heterocycles. The second-order valence-electron chi connectivity index (χ2n) is 7.72. The summed E-state index contributed by atoms with van der Waals surface area (Å²) in [7, 11) is 5.42. The van der Waals surface area contributed by atoms with Gasteiger partial charge in [-0.1, -0.05) is 42.0 Å². The van der Waals surface area contributed by atoms with Gasteiger partial charge in [0.2, 0.25) is 0 Å². The second-order valence-corrected chi connectivity index (χ2v) is 8.34. The third-order valence-electron chi connectivity index (χ3n) is 5.21. The average Bonchev–Trinajstić information content (AvgIpc) is 2.78. The zero-order valence-corrected chi connectivity index (χ0v) is 20.5. The molecule has 3 aromatic rings. The molecule has 0 fully saturated rings. The number of aliphatic carboxylic acids is 1. The van der Waals surface area contributed by atoms with Gasteiger partial charge in [0, 0.05) is 31.8 Å². The number of aryl methyl sites for hydroxylation is 1. The van der Waals surface area contributed by atoms with Crippen LogP contribution in [0.2, 0.25) is 0 Å².